The number of nitrogens with two attached hydrogens (primary N) is 1. The molecule has 0 aliphatic carbocycles. The third kappa shape index (κ3) is 8.94. The molecule has 0 unspecified atom stereocenters. The second-order valence-corrected chi connectivity index (χ2v) is 9.01. The SMILES string of the molecule is NC(=O)CSCCN(C/C=C\COc1cc(CN2CCCCC2)ccn1)C(=O)c1ccoc1. The van der Waals surface area contributed by atoms with Gasteiger partial charge in [0.05, 0.1) is 17.6 Å². The Morgan fingerprint density at radius 2 is 2.09 bits per heavy atom. The number of carbonyl (C=O) groups is 2. The Kier molecular flexibility index (Phi) is 10.3. The van der Waals surface area contributed by atoms with E-state index >= 15 is 0 Å². The van der Waals surface area contributed by atoms with Crippen molar-refractivity contribution in [1.82, 2.24) is 14.8 Å². The van der Waals surface area contributed by atoms with Crippen LogP contribution in [0.2, 0.25) is 0 Å². The van der Waals surface area contributed by atoms with E-state index in [2.05, 4.69) is 9.88 Å². The Balaban J connectivity index is 1.46. The van der Waals surface area contributed by atoms with Crippen LogP contribution in [0.1, 0.15) is 35.2 Å². The van der Waals surface area contributed by atoms with E-state index in [1.807, 2.05) is 24.3 Å². The molecule has 0 bridgehead atoms. The summed E-state index contributed by atoms with van der Waals surface area (Å²) in [6, 6.07) is 5.67. The van der Waals surface area contributed by atoms with Gasteiger partial charge < -0.3 is 19.8 Å². The molecule has 0 saturated carbocycles. The molecule has 2 aromatic rings. The van der Waals surface area contributed by atoms with Crippen molar-refractivity contribution >= 4 is 23.6 Å². The first-order chi connectivity index (χ1) is 16.1. The Morgan fingerprint density at radius 3 is 2.85 bits per heavy atom. The maximum Gasteiger partial charge on any atom is 0.257 e. The number of nitrogens with zero attached hydrogens (tertiary/aromatic N) is 3. The van der Waals surface area contributed by atoms with Crippen molar-refractivity contribution in [1.29, 1.82) is 0 Å². The zero-order valence-corrected chi connectivity index (χ0v) is 19.7. The summed E-state index contributed by atoms with van der Waals surface area (Å²) in [6.07, 6.45) is 12.3. The number of ether oxygens (including phenoxy) is 1. The number of amides is 2. The van der Waals surface area contributed by atoms with Crippen LogP contribution in [-0.2, 0) is 11.3 Å². The molecule has 0 aromatic carbocycles. The van der Waals surface area contributed by atoms with Crippen LogP contribution in [-0.4, -0.2) is 70.9 Å². The lowest BCUT2D eigenvalue weighted by Gasteiger charge is -2.26. The topological polar surface area (TPSA) is 102 Å². The fourth-order valence-electron chi connectivity index (χ4n) is 3.60. The summed E-state index contributed by atoms with van der Waals surface area (Å²) in [7, 11) is 0. The molecule has 9 heteroatoms. The number of aromatic nitrogens is 1. The van der Waals surface area contributed by atoms with Crippen molar-refractivity contribution in [3.63, 3.8) is 0 Å². The molecule has 2 amide bonds. The normalized spacial score (nSPS) is 14.4. The smallest absolute Gasteiger partial charge is 0.257 e. The van der Waals surface area contributed by atoms with Gasteiger partial charge in [0.2, 0.25) is 11.8 Å². The van der Waals surface area contributed by atoms with Crippen molar-refractivity contribution in [2.24, 2.45) is 5.73 Å². The number of pyridine rings is 1. The number of rotatable bonds is 13. The molecule has 0 radical (unpaired) electrons. The molecule has 0 atom stereocenters. The molecule has 3 rings (SSSR count). The summed E-state index contributed by atoms with van der Waals surface area (Å²) in [4.78, 5) is 32.1. The average molecular weight is 473 g/mol. The molecule has 2 aromatic heterocycles. The van der Waals surface area contributed by atoms with Gasteiger partial charge in [0.15, 0.2) is 0 Å². The maximum absolute atomic E-state index is 12.7. The van der Waals surface area contributed by atoms with E-state index in [0.29, 0.717) is 36.9 Å². The first-order valence-electron chi connectivity index (χ1n) is 11.2. The van der Waals surface area contributed by atoms with E-state index in [1.54, 1.807) is 17.2 Å². The van der Waals surface area contributed by atoms with Crippen molar-refractivity contribution in [3.8, 4) is 5.88 Å². The van der Waals surface area contributed by atoms with E-state index in [4.69, 9.17) is 14.9 Å². The lowest BCUT2D eigenvalue weighted by molar-refractivity contribution is -0.115. The van der Waals surface area contributed by atoms with Gasteiger partial charge in [-0.15, -0.1) is 0 Å². The van der Waals surface area contributed by atoms with Gasteiger partial charge in [0.25, 0.3) is 5.91 Å². The summed E-state index contributed by atoms with van der Waals surface area (Å²) in [5.41, 5.74) is 6.88. The van der Waals surface area contributed by atoms with Gasteiger partial charge >= 0.3 is 0 Å². The van der Waals surface area contributed by atoms with Crippen LogP contribution in [0, 0.1) is 0 Å². The summed E-state index contributed by atoms with van der Waals surface area (Å²) < 4.78 is 10.8. The molecular weight excluding hydrogens is 440 g/mol. The first-order valence-corrected chi connectivity index (χ1v) is 12.4. The molecule has 0 spiro atoms. The monoisotopic (exact) mass is 472 g/mol. The summed E-state index contributed by atoms with van der Waals surface area (Å²) in [6.45, 7) is 4.50. The summed E-state index contributed by atoms with van der Waals surface area (Å²) >= 11 is 1.41. The number of hydrogen-bond acceptors (Lipinski definition) is 7. The molecule has 2 N–H and O–H groups in total. The molecule has 1 fully saturated rings. The minimum atomic E-state index is -0.363. The van der Waals surface area contributed by atoms with Gasteiger partial charge in [0.1, 0.15) is 12.9 Å². The summed E-state index contributed by atoms with van der Waals surface area (Å²) in [5.74, 6) is 0.967. The van der Waals surface area contributed by atoms with Crippen LogP contribution < -0.4 is 10.5 Å². The standard InChI is InChI=1S/C24H32N4O4S/c25-22(29)19-33-15-12-28(24(30)21-7-14-31-18-21)11-4-5-13-32-23-16-20(6-8-26-23)17-27-9-2-1-3-10-27/h4-8,14,16,18H,1-3,9-13,15,17,19H2,(H2,25,29)/b5-4-. The fourth-order valence-corrected chi connectivity index (χ4v) is 4.29. The molecule has 33 heavy (non-hydrogen) atoms. The van der Waals surface area contributed by atoms with Crippen molar-refractivity contribution in [2.75, 3.05) is 44.3 Å². The molecule has 178 valence electrons. The average Bonchev–Trinajstić information content (AvgIpc) is 3.36. The van der Waals surface area contributed by atoms with Crippen LogP contribution in [0.3, 0.4) is 0 Å². The number of likely N-dealkylation sites (tertiary alicyclic amines) is 1. The van der Waals surface area contributed by atoms with Crippen LogP contribution in [0.4, 0.5) is 0 Å². The highest BCUT2D eigenvalue weighted by Crippen LogP contribution is 2.15. The lowest BCUT2D eigenvalue weighted by Crippen LogP contribution is -2.33. The zero-order valence-electron chi connectivity index (χ0n) is 18.9. The third-order valence-corrected chi connectivity index (χ3v) is 6.24. The summed E-state index contributed by atoms with van der Waals surface area (Å²) in [5, 5.41) is 0. The molecule has 1 aliphatic rings. The zero-order chi connectivity index (χ0) is 23.3. The van der Waals surface area contributed by atoms with Gasteiger partial charge in [-0.2, -0.15) is 11.8 Å². The van der Waals surface area contributed by atoms with Crippen LogP contribution in [0.15, 0.2) is 53.5 Å². The number of hydrogen-bond donors (Lipinski definition) is 1. The largest absolute Gasteiger partial charge is 0.473 e. The Hall–Kier alpha value is -2.78. The Morgan fingerprint density at radius 1 is 1.24 bits per heavy atom. The van der Waals surface area contributed by atoms with E-state index in [9.17, 15) is 9.59 Å². The van der Waals surface area contributed by atoms with Gasteiger partial charge in [-0.3, -0.25) is 14.5 Å². The van der Waals surface area contributed by atoms with Gasteiger partial charge in [-0.05, 0) is 49.7 Å². The van der Waals surface area contributed by atoms with Crippen molar-refractivity contribution < 1.29 is 18.7 Å². The number of furan rings is 1. The predicted molar refractivity (Wildman–Crippen MR) is 129 cm³/mol. The highest BCUT2D eigenvalue weighted by Gasteiger charge is 2.15. The Bertz CT molecular complexity index is 898. The lowest BCUT2D eigenvalue weighted by atomic mass is 10.1. The first kappa shape index (κ1) is 24.9. The number of primary amides is 1. The minimum Gasteiger partial charge on any atom is -0.473 e. The molecule has 8 nitrogen and oxygen atoms in total. The van der Waals surface area contributed by atoms with Crippen LogP contribution in [0.25, 0.3) is 0 Å². The van der Waals surface area contributed by atoms with Crippen LogP contribution >= 0.6 is 11.8 Å². The number of carbonyl (C=O) groups excluding carboxylic acids is 2. The highest BCUT2D eigenvalue weighted by atomic mass is 32.2. The van der Waals surface area contributed by atoms with Crippen molar-refractivity contribution in [3.05, 3.63) is 60.2 Å². The fraction of sp³-hybridized carbons (Fsp3) is 0.458. The number of thioether (sulfide) groups is 1. The van der Waals surface area contributed by atoms with Gasteiger partial charge in [0, 0.05) is 37.7 Å². The molecular formula is C24H32N4O4S. The second kappa shape index (κ2) is 13.7. The van der Waals surface area contributed by atoms with E-state index in [-0.39, 0.29) is 17.6 Å². The number of piperidine rings is 1. The molecule has 1 aliphatic heterocycles. The molecule has 3 heterocycles. The maximum atomic E-state index is 12.7. The van der Waals surface area contributed by atoms with E-state index in [1.165, 1.54) is 49.1 Å². The van der Waals surface area contributed by atoms with Gasteiger partial charge in [-0.25, -0.2) is 4.98 Å². The van der Waals surface area contributed by atoms with E-state index in [0.717, 1.165) is 19.6 Å². The van der Waals surface area contributed by atoms with Crippen molar-refractivity contribution in [2.45, 2.75) is 25.8 Å². The minimum absolute atomic E-state index is 0.124. The molecule has 1 saturated heterocycles. The Labute approximate surface area is 199 Å². The third-order valence-electron chi connectivity index (χ3n) is 5.28. The second-order valence-electron chi connectivity index (χ2n) is 7.90. The highest BCUT2D eigenvalue weighted by molar-refractivity contribution is 7.99. The van der Waals surface area contributed by atoms with E-state index < -0.39 is 0 Å². The quantitative estimate of drug-likeness (QED) is 0.353. The predicted octanol–water partition coefficient (Wildman–Crippen LogP) is 2.96. The van der Waals surface area contributed by atoms with Crippen LogP contribution in [0.5, 0.6) is 5.88 Å². The van der Waals surface area contributed by atoms with Gasteiger partial charge in [-0.1, -0.05) is 12.5 Å².